The summed E-state index contributed by atoms with van der Waals surface area (Å²) >= 11 is 0. The van der Waals surface area contributed by atoms with Crippen LogP contribution in [0.4, 0.5) is 0 Å². The maximum absolute atomic E-state index is 5.65. The van der Waals surface area contributed by atoms with Crippen molar-refractivity contribution >= 4 is 11.0 Å². The lowest BCUT2D eigenvalue weighted by Crippen LogP contribution is -1.88. The van der Waals surface area contributed by atoms with Gasteiger partial charge in [-0.15, -0.1) is 0 Å². The predicted octanol–water partition coefficient (Wildman–Crippen LogP) is 4.13. The second-order valence-corrected chi connectivity index (χ2v) is 4.58. The predicted molar refractivity (Wildman–Crippen MR) is 81.3 cm³/mol. The first kappa shape index (κ1) is 13.4. The molecule has 108 valence electrons. The van der Waals surface area contributed by atoms with E-state index in [1.165, 1.54) is 0 Å². The van der Waals surface area contributed by atoms with Gasteiger partial charge in [-0.3, -0.25) is 0 Å². The van der Waals surface area contributed by atoms with Crippen LogP contribution in [-0.4, -0.2) is 21.3 Å². The van der Waals surface area contributed by atoms with Gasteiger partial charge in [-0.25, -0.2) is 0 Å². The number of ether oxygens (including phenoxy) is 3. The summed E-state index contributed by atoms with van der Waals surface area (Å²) in [5, 5.41) is 0.934. The SMILES string of the molecule is COc1ccc(-c2coc3cc(OC)cc(OC)c23)cc1. The van der Waals surface area contributed by atoms with Crippen molar-refractivity contribution in [2.45, 2.75) is 0 Å². The van der Waals surface area contributed by atoms with E-state index >= 15 is 0 Å². The van der Waals surface area contributed by atoms with Crippen molar-refractivity contribution in [1.29, 1.82) is 0 Å². The molecule has 0 saturated carbocycles. The fourth-order valence-corrected chi connectivity index (χ4v) is 2.37. The molecule has 2 aromatic carbocycles. The number of benzene rings is 2. The molecule has 3 aromatic rings. The van der Waals surface area contributed by atoms with E-state index in [9.17, 15) is 0 Å². The lowest BCUT2D eigenvalue weighted by Gasteiger charge is -2.07. The van der Waals surface area contributed by atoms with Gasteiger partial charge in [0.1, 0.15) is 22.8 Å². The first-order chi connectivity index (χ1) is 10.3. The Morgan fingerprint density at radius 2 is 1.52 bits per heavy atom. The molecule has 0 saturated heterocycles. The maximum atomic E-state index is 5.65. The summed E-state index contributed by atoms with van der Waals surface area (Å²) in [6.07, 6.45) is 1.73. The van der Waals surface area contributed by atoms with E-state index in [4.69, 9.17) is 18.6 Å². The van der Waals surface area contributed by atoms with Crippen LogP contribution in [0.1, 0.15) is 0 Å². The maximum Gasteiger partial charge on any atom is 0.141 e. The Morgan fingerprint density at radius 3 is 2.14 bits per heavy atom. The smallest absolute Gasteiger partial charge is 0.141 e. The quantitative estimate of drug-likeness (QED) is 0.722. The molecular formula is C17H16O4. The highest BCUT2D eigenvalue weighted by atomic mass is 16.5. The molecule has 4 heteroatoms. The molecule has 0 N–H and O–H groups in total. The number of methoxy groups -OCH3 is 3. The van der Waals surface area contributed by atoms with Crippen LogP contribution in [-0.2, 0) is 0 Å². The molecule has 0 bridgehead atoms. The minimum Gasteiger partial charge on any atom is -0.497 e. The molecule has 4 nitrogen and oxygen atoms in total. The molecule has 0 atom stereocenters. The van der Waals surface area contributed by atoms with Gasteiger partial charge in [0.05, 0.1) is 33.0 Å². The summed E-state index contributed by atoms with van der Waals surface area (Å²) in [7, 11) is 4.91. The van der Waals surface area contributed by atoms with Gasteiger partial charge in [0.15, 0.2) is 0 Å². The van der Waals surface area contributed by atoms with E-state index in [-0.39, 0.29) is 0 Å². The lowest BCUT2D eigenvalue weighted by atomic mass is 10.0. The van der Waals surface area contributed by atoms with E-state index in [1.807, 2.05) is 36.4 Å². The van der Waals surface area contributed by atoms with Gasteiger partial charge in [0.2, 0.25) is 0 Å². The van der Waals surface area contributed by atoms with E-state index in [0.717, 1.165) is 33.6 Å². The highest BCUT2D eigenvalue weighted by Gasteiger charge is 2.15. The average molecular weight is 284 g/mol. The van der Waals surface area contributed by atoms with E-state index < -0.39 is 0 Å². The molecule has 1 aromatic heterocycles. The third-order valence-corrected chi connectivity index (χ3v) is 3.47. The molecule has 0 radical (unpaired) electrons. The number of hydrogen-bond donors (Lipinski definition) is 0. The summed E-state index contributed by atoms with van der Waals surface area (Å²) < 4.78 is 21.6. The zero-order valence-corrected chi connectivity index (χ0v) is 12.2. The van der Waals surface area contributed by atoms with Crippen molar-refractivity contribution in [3.05, 3.63) is 42.7 Å². The van der Waals surface area contributed by atoms with Crippen molar-refractivity contribution in [2.24, 2.45) is 0 Å². The second-order valence-electron chi connectivity index (χ2n) is 4.58. The third kappa shape index (κ3) is 2.29. The van der Waals surface area contributed by atoms with Crippen molar-refractivity contribution < 1.29 is 18.6 Å². The van der Waals surface area contributed by atoms with Gasteiger partial charge in [0.25, 0.3) is 0 Å². The topological polar surface area (TPSA) is 40.8 Å². The van der Waals surface area contributed by atoms with Crippen LogP contribution in [0.3, 0.4) is 0 Å². The Labute approximate surface area is 122 Å². The molecule has 0 spiro atoms. The zero-order chi connectivity index (χ0) is 14.8. The van der Waals surface area contributed by atoms with Crippen LogP contribution in [0.15, 0.2) is 47.1 Å². The monoisotopic (exact) mass is 284 g/mol. The van der Waals surface area contributed by atoms with Crippen LogP contribution < -0.4 is 14.2 Å². The molecule has 0 unspecified atom stereocenters. The van der Waals surface area contributed by atoms with Crippen molar-refractivity contribution in [3.63, 3.8) is 0 Å². The Morgan fingerprint density at radius 1 is 0.810 bits per heavy atom. The Hall–Kier alpha value is -2.62. The minimum absolute atomic E-state index is 0.704. The molecule has 0 fully saturated rings. The molecular weight excluding hydrogens is 268 g/mol. The summed E-state index contributed by atoms with van der Waals surface area (Å²) in [5.41, 5.74) is 2.75. The number of fused-ring (bicyclic) bond motifs is 1. The van der Waals surface area contributed by atoms with E-state index in [0.29, 0.717) is 5.75 Å². The Kier molecular flexibility index (Phi) is 3.44. The molecule has 21 heavy (non-hydrogen) atoms. The largest absolute Gasteiger partial charge is 0.497 e. The van der Waals surface area contributed by atoms with Crippen LogP contribution in [0.25, 0.3) is 22.1 Å². The lowest BCUT2D eigenvalue weighted by molar-refractivity contribution is 0.397. The van der Waals surface area contributed by atoms with Crippen molar-refractivity contribution in [3.8, 4) is 28.4 Å². The standard InChI is InChI=1S/C17H16O4/c1-18-12-6-4-11(5-7-12)14-10-21-16-9-13(19-2)8-15(20-3)17(14)16/h4-10H,1-3H3. The zero-order valence-electron chi connectivity index (χ0n) is 12.2. The van der Waals surface area contributed by atoms with Crippen LogP contribution >= 0.6 is 0 Å². The van der Waals surface area contributed by atoms with Gasteiger partial charge < -0.3 is 18.6 Å². The van der Waals surface area contributed by atoms with Gasteiger partial charge in [0, 0.05) is 17.7 Å². The number of rotatable bonds is 4. The Bertz CT molecular complexity index is 756. The summed E-state index contributed by atoms with van der Waals surface area (Å²) in [6, 6.07) is 11.5. The van der Waals surface area contributed by atoms with E-state index in [2.05, 4.69) is 0 Å². The highest BCUT2D eigenvalue weighted by Crippen LogP contribution is 2.39. The Balaban J connectivity index is 2.18. The van der Waals surface area contributed by atoms with Crippen LogP contribution in [0, 0.1) is 0 Å². The fourth-order valence-electron chi connectivity index (χ4n) is 2.37. The molecule has 0 amide bonds. The normalized spacial score (nSPS) is 10.6. The summed E-state index contributed by atoms with van der Waals surface area (Å²) in [5.74, 6) is 2.25. The molecule has 0 aliphatic rings. The van der Waals surface area contributed by atoms with Crippen molar-refractivity contribution in [2.75, 3.05) is 21.3 Å². The summed E-state index contributed by atoms with van der Waals surface area (Å²) in [6.45, 7) is 0. The number of furan rings is 1. The van der Waals surface area contributed by atoms with Crippen LogP contribution in [0.5, 0.6) is 17.2 Å². The molecule has 3 rings (SSSR count). The minimum atomic E-state index is 0.704. The molecule has 0 aliphatic carbocycles. The van der Waals surface area contributed by atoms with Gasteiger partial charge in [-0.05, 0) is 17.7 Å². The molecule has 0 aliphatic heterocycles. The first-order valence-corrected chi connectivity index (χ1v) is 6.54. The van der Waals surface area contributed by atoms with Gasteiger partial charge in [-0.1, -0.05) is 12.1 Å². The van der Waals surface area contributed by atoms with Gasteiger partial charge in [-0.2, -0.15) is 0 Å². The van der Waals surface area contributed by atoms with E-state index in [1.54, 1.807) is 27.6 Å². The first-order valence-electron chi connectivity index (χ1n) is 6.54. The van der Waals surface area contributed by atoms with Crippen molar-refractivity contribution in [1.82, 2.24) is 0 Å². The third-order valence-electron chi connectivity index (χ3n) is 3.47. The second kappa shape index (κ2) is 5.40. The van der Waals surface area contributed by atoms with Gasteiger partial charge >= 0.3 is 0 Å². The number of hydrogen-bond acceptors (Lipinski definition) is 4. The fraction of sp³-hybridized carbons (Fsp3) is 0.176. The highest BCUT2D eigenvalue weighted by molar-refractivity contribution is 5.99. The average Bonchev–Trinajstić information content (AvgIpc) is 2.97. The van der Waals surface area contributed by atoms with Crippen LogP contribution in [0.2, 0.25) is 0 Å². The molecule has 1 heterocycles. The summed E-state index contributed by atoms with van der Waals surface area (Å²) in [4.78, 5) is 0.